The summed E-state index contributed by atoms with van der Waals surface area (Å²) in [6.07, 6.45) is 4.29. The number of carbonyl (C=O) groups is 1. The number of hydrogen-bond donors (Lipinski definition) is 2. The van der Waals surface area contributed by atoms with Crippen LogP contribution in [-0.4, -0.2) is 28.9 Å². The maximum Gasteiger partial charge on any atom is 0.254 e. The van der Waals surface area contributed by atoms with Crippen molar-refractivity contribution in [2.24, 2.45) is 11.8 Å². The van der Waals surface area contributed by atoms with E-state index >= 15 is 0 Å². The molecular weight excluding hydrogens is 252 g/mol. The highest BCUT2D eigenvalue weighted by Crippen LogP contribution is 2.23. The lowest BCUT2D eigenvalue weighted by molar-refractivity contribution is 0.0786. The van der Waals surface area contributed by atoms with Crippen molar-refractivity contribution in [3.8, 4) is 0 Å². The molecule has 0 aromatic carbocycles. The molecule has 2 rings (SSSR count). The first-order valence-electron chi connectivity index (χ1n) is 7.44. The Labute approximate surface area is 120 Å². The molecular formula is C15H24N4O. The third kappa shape index (κ3) is 3.28. The van der Waals surface area contributed by atoms with Crippen molar-refractivity contribution in [2.45, 2.75) is 39.5 Å². The minimum Gasteiger partial charge on any atom is -0.338 e. The van der Waals surface area contributed by atoms with Crippen molar-refractivity contribution in [1.82, 2.24) is 9.88 Å². The highest BCUT2D eigenvalue weighted by molar-refractivity contribution is 5.95. The predicted octanol–water partition coefficient (Wildman–Crippen LogP) is 2.19. The number of nitrogen functional groups attached to an aromatic ring is 1. The van der Waals surface area contributed by atoms with E-state index in [1.807, 2.05) is 17.9 Å². The Morgan fingerprint density at radius 3 is 2.95 bits per heavy atom. The Kier molecular flexibility index (Phi) is 4.95. The van der Waals surface area contributed by atoms with Gasteiger partial charge in [0.25, 0.3) is 5.91 Å². The number of nitrogens with two attached hydrogens (primary N) is 1. The minimum atomic E-state index is 0.0946. The molecule has 3 N–H and O–H groups in total. The lowest BCUT2D eigenvalue weighted by Gasteiger charge is -2.17. The van der Waals surface area contributed by atoms with Crippen LogP contribution in [0.5, 0.6) is 0 Å². The van der Waals surface area contributed by atoms with Crippen LogP contribution in [0, 0.1) is 5.92 Å². The zero-order valence-corrected chi connectivity index (χ0v) is 12.4. The Bertz CT molecular complexity index is 453. The van der Waals surface area contributed by atoms with E-state index in [-0.39, 0.29) is 5.91 Å². The molecule has 1 unspecified atom stereocenters. The summed E-state index contributed by atoms with van der Waals surface area (Å²) in [4.78, 5) is 18.8. The molecule has 0 spiro atoms. The van der Waals surface area contributed by atoms with E-state index in [9.17, 15) is 4.79 Å². The van der Waals surface area contributed by atoms with Crippen LogP contribution in [0.3, 0.4) is 0 Å². The molecule has 1 aromatic rings. The molecule has 5 nitrogen and oxygen atoms in total. The summed E-state index contributed by atoms with van der Waals surface area (Å²) in [7, 11) is 0. The molecule has 1 aromatic heterocycles. The van der Waals surface area contributed by atoms with Gasteiger partial charge >= 0.3 is 0 Å². The first kappa shape index (κ1) is 14.8. The number of anilines is 1. The van der Waals surface area contributed by atoms with Crippen LogP contribution in [0.25, 0.3) is 0 Å². The quantitative estimate of drug-likeness (QED) is 0.639. The van der Waals surface area contributed by atoms with Crippen molar-refractivity contribution in [1.29, 1.82) is 0 Å². The second kappa shape index (κ2) is 6.70. The number of amides is 1. The standard InChI is InChI=1S/C15H24N4O/c1-3-5-11-6-7-19(10-11)15(20)12-8-13(4-2)17-14(9-12)18-16/h8-9,11H,3-7,10,16H2,1-2H3,(H,17,18). The molecule has 5 heteroatoms. The van der Waals surface area contributed by atoms with Crippen LogP contribution in [0.2, 0.25) is 0 Å². The largest absolute Gasteiger partial charge is 0.338 e. The van der Waals surface area contributed by atoms with Gasteiger partial charge in [-0.15, -0.1) is 0 Å². The Morgan fingerprint density at radius 2 is 2.30 bits per heavy atom. The maximum absolute atomic E-state index is 12.6. The monoisotopic (exact) mass is 276 g/mol. The molecule has 0 saturated carbocycles. The zero-order valence-electron chi connectivity index (χ0n) is 12.4. The van der Waals surface area contributed by atoms with Gasteiger partial charge in [0, 0.05) is 24.3 Å². The summed E-state index contributed by atoms with van der Waals surface area (Å²) in [5.41, 5.74) is 4.10. The van der Waals surface area contributed by atoms with E-state index in [1.54, 1.807) is 6.07 Å². The van der Waals surface area contributed by atoms with Gasteiger partial charge in [-0.05, 0) is 37.3 Å². The molecule has 1 aliphatic rings. The number of nitrogens with one attached hydrogen (secondary N) is 1. The smallest absolute Gasteiger partial charge is 0.254 e. The lowest BCUT2D eigenvalue weighted by Crippen LogP contribution is -2.29. The second-order valence-electron chi connectivity index (χ2n) is 5.42. The summed E-state index contributed by atoms with van der Waals surface area (Å²) in [5, 5.41) is 0. The van der Waals surface area contributed by atoms with Gasteiger partial charge in [-0.3, -0.25) is 4.79 Å². The molecule has 1 amide bonds. The van der Waals surface area contributed by atoms with Crippen LogP contribution >= 0.6 is 0 Å². The normalized spacial score (nSPS) is 18.4. The average Bonchev–Trinajstić information content (AvgIpc) is 2.94. The highest BCUT2D eigenvalue weighted by Gasteiger charge is 2.26. The summed E-state index contributed by atoms with van der Waals surface area (Å²) >= 11 is 0. The Balaban J connectivity index is 2.13. The first-order valence-corrected chi connectivity index (χ1v) is 7.44. The third-order valence-electron chi connectivity index (χ3n) is 3.91. The molecule has 1 aliphatic heterocycles. The number of aryl methyl sites for hydroxylation is 1. The van der Waals surface area contributed by atoms with Gasteiger partial charge in [0.05, 0.1) is 0 Å². The van der Waals surface area contributed by atoms with E-state index in [0.717, 1.165) is 31.6 Å². The Hall–Kier alpha value is -1.62. The molecule has 0 aliphatic carbocycles. The number of nitrogens with zero attached hydrogens (tertiary/aromatic N) is 2. The number of hydrazine groups is 1. The van der Waals surface area contributed by atoms with Crippen LogP contribution in [-0.2, 0) is 6.42 Å². The highest BCUT2D eigenvalue weighted by atomic mass is 16.2. The molecule has 1 atom stereocenters. The van der Waals surface area contributed by atoms with Crippen molar-refractivity contribution in [3.05, 3.63) is 23.4 Å². The van der Waals surface area contributed by atoms with E-state index < -0.39 is 0 Å². The number of rotatable bonds is 5. The molecule has 0 radical (unpaired) electrons. The molecule has 110 valence electrons. The van der Waals surface area contributed by atoms with Gasteiger partial charge in [-0.2, -0.15) is 0 Å². The molecule has 0 bridgehead atoms. The van der Waals surface area contributed by atoms with Gasteiger partial charge in [0.2, 0.25) is 0 Å². The van der Waals surface area contributed by atoms with Gasteiger partial charge < -0.3 is 10.3 Å². The minimum absolute atomic E-state index is 0.0946. The zero-order chi connectivity index (χ0) is 14.5. The van der Waals surface area contributed by atoms with Crippen LogP contribution in [0.15, 0.2) is 12.1 Å². The molecule has 1 fully saturated rings. The van der Waals surface area contributed by atoms with Crippen molar-refractivity contribution in [3.63, 3.8) is 0 Å². The van der Waals surface area contributed by atoms with Crippen LogP contribution in [0.4, 0.5) is 5.82 Å². The number of likely N-dealkylation sites (tertiary alicyclic amines) is 1. The SMILES string of the molecule is CCCC1CCN(C(=O)c2cc(CC)nc(NN)c2)C1. The number of pyridine rings is 1. The van der Waals surface area contributed by atoms with Crippen LogP contribution in [0.1, 0.15) is 49.2 Å². The number of carbonyl (C=O) groups excluding carboxylic acids is 1. The average molecular weight is 276 g/mol. The van der Waals surface area contributed by atoms with E-state index in [1.165, 1.54) is 12.8 Å². The maximum atomic E-state index is 12.6. The van der Waals surface area contributed by atoms with Gasteiger partial charge in [0.1, 0.15) is 5.82 Å². The van der Waals surface area contributed by atoms with Gasteiger partial charge in [-0.25, -0.2) is 10.8 Å². The van der Waals surface area contributed by atoms with Crippen molar-refractivity contribution >= 4 is 11.7 Å². The topological polar surface area (TPSA) is 71.2 Å². The summed E-state index contributed by atoms with van der Waals surface area (Å²) < 4.78 is 0. The van der Waals surface area contributed by atoms with E-state index in [2.05, 4.69) is 17.3 Å². The summed E-state index contributed by atoms with van der Waals surface area (Å²) in [5.74, 6) is 6.72. The Morgan fingerprint density at radius 1 is 1.50 bits per heavy atom. The van der Waals surface area contributed by atoms with E-state index in [4.69, 9.17) is 5.84 Å². The van der Waals surface area contributed by atoms with E-state index in [0.29, 0.717) is 17.3 Å². The number of aromatic nitrogens is 1. The first-order chi connectivity index (χ1) is 9.67. The summed E-state index contributed by atoms with van der Waals surface area (Å²) in [6.45, 7) is 5.95. The fraction of sp³-hybridized carbons (Fsp3) is 0.600. The molecule has 2 heterocycles. The summed E-state index contributed by atoms with van der Waals surface area (Å²) in [6, 6.07) is 3.60. The van der Waals surface area contributed by atoms with Gasteiger partial charge in [-0.1, -0.05) is 20.3 Å². The fourth-order valence-electron chi connectivity index (χ4n) is 2.81. The lowest BCUT2D eigenvalue weighted by atomic mass is 10.0. The van der Waals surface area contributed by atoms with Crippen LogP contribution < -0.4 is 11.3 Å². The van der Waals surface area contributed by atoms with Gasteiger partial charge in [0.15, 0.2) is 0 Å². The molecule has 20 heavy (non-hydrogen) atoms. The predicted molar refractivity (Wildman–Crippen MR) is 80.3 cm³/mol. The fourth-order valence-corrected chi connectivity index (χ4v) is 2.81. The third-order valence-corrected chi connectivity index (χ3v) is 3.91. The van der Waals surface area contributed by atoms with Crippen molar-refractivity contribution in [2.75, 3.05) is 18.5 Å². The second-order valence-corrected chi connectivity index (χ2v) is 5.42. The molecule has 1 saturated heterocycles. The van der Waals surface area contributed by atoms with Crippen molar-refractivity contribution < 1.29 is 4.79 Å². The number of hydrogen-bond acceptors (Lipinski definition) is 4.